The molecule has 1 fully saturated rings. The fourth-order valence-electron chi connectivity index (χ4n) is 2.97. The minimum Gasteiger partial charge on any atom is -0.357 e. The van der Waals surface area contributed by atoms with Crippen molar-refractivity contribution < 1.29 is 9.59 Å². The van der Waals surface area contributed by atoms with E-state index in [-0.39, 0.29) is 17.9 Å². The average Bonchev–Trinajstić information content (AvgIpc) is 2.94. The Morgan fingerprint density at radius 3 is 2.96 bits per heavy atom. The summed E-state index contributed by atoms with van der Waals surface area (Å²) >= 11 is 0. The van der Waals surface area contributed by atoms with Crippen LogP contribution in [0.3, 0.4) is 0 Å². The number of nitrogens with two attached hydrogens (primary N) is 1. The topological polar surface area (TPSA) is 101 Å². The summed E-state index contributed by atoms with van der Waals surface area (Å²) in [6, 6.07) is 4.70. The Morgan fingerprint density at radius 2 is 2.22 bits per heavy atom. The SMILES string of the molecule is CNC(=O)[C@@H]1C[C@H](N)CN1C(=O)c1cc2cccnc2nc1C. The highest BCUT2D eigenvalue weighted by molar-refractivity contribution is 6.00. The molecule has 1 saturated heterocycles. The fourth-order valence-corrected chi connectivity index (χ4v) is 2.97. The largest absolute Gasteiger partial charge is 0.357 e. The Morgan fingerprint density at radius 1 is 1.43 bits per heavy atom. The molecule has 2 aromatic heterocycles. The van der Waals surface area contributed by atoms with Crippen LogP contribution in [0, 0.1) is 6.92 Å². The van der Waals surface area contributed by atoms with Gasteiger partial charge in [0.25, 0.3) is 5.91 Å². The number of pyridine rings is 2. The van der Waals surface area contributed by atoms with Crippen LogP contribution in [-0.2, 0) is 4.79 Å². The zero-order valence-corrected chi connectivity index (χ0v) is 13.1. The number of rotatable bonds is 2. The lowest BCUT2D eigenvalue weighted by atomic mass is 10.1. The Kier molecular flexibility index (Phi) is 3.96. The molecule has 7 heteroatoms. The van der Waals surface area contributed by atoms with E-state index < -0.39 is 6.04 Å². The van der Waals surface area contributed by atoms with Gasteiger partial charge in [-0.1, -0.05) is 0 Å². The molecule has 0 bridgehead atoms. The second-order valence-corrected chi connectivity index (χ2v) is 5.75. The molecule has 3 heterocycles. The fraction of sp³-hybridized carbons (Fsp3) is 0.375. The Balaban J connectivity index is 1.99. The molecule has 2 aromatic rings. The number of aryl methyl sites for hydroxylation is 1. The summed E-state index contributed by atoms with van der Waals surface area (Å²) in [6.45, 7) is 2.13. The number of hydrogen-bond acceptors (Lipinski definition) is 5. The molecule has 0 aromatic carbocycles. The van der Waals surface area contributed by atoms with Gasteiger partial charge >= 0.3 is 0 Å². The molecule has 3 N–H and O–H groups in total. The van der Waals surface area contributed by atoms with Crippen LogP contribution in [0.25, 0.3) is 11.0 Å². The van der Waals surface area contributed by atoms with E-state index in [0.717, 1.165) is 5.39 Å². The van der Waals surface area contributed by atoms with Gasteiger partial charge in [-0.2, -0.15) is 0 Å². The van der Waals surface area contributed by atoms with E-state index in [2.05, 4.69) is 15.3 Å². The molecular formula is C16H19N5O2. The van der Waals surface area contributed by atoms with Crippen molar-refractivity contribution in [3.63, 3.8) is 0 Å². The zero-order chi connectivity index (χ0) is 16.6. The maximum Gasteiger partial charge on any atom is 0.256 e. The van der Waals surface area contributed by atoms with E-state index >= 15 is 0 Å². The Bertz CT molecular complexity index is 776. The third-order valence-corrected chi connectivity index (χ3v) is 4.15. The van der Waals surface area contributed by atoms with E-state index in [0.29, 0.717) is 29.9 Å². The molecule has 0 spiro atoms. The van der Waals surface area contributed by atoms with Crippen molar-refractivity contribution in [1.82, 2.24) is 20.2 Å². The second kappa shape index (κ2) is 5.92. The number of likely N-dealkylation sites (N-methyl/N-ethyl adjacent to an activating group) is 1. The van der Waals surface area contributed by atoms with Gasteiger partial charge in [0.05, 0.1) is 11.3 Å². The third kappa shape index (κ3) is 2.75. The smallest absolute Gasteiger partial charge is 0.256 e. The molecule has 7 nitrogen and oxygen atoms in total. The first-order chi connectivity index (χ1) is 11.0. The van der Waals surface area contributed by atoms with E-state index in [9.17, 15) is 9.59 Å². The van der Waals surface area contributed by atoms with Crippen LogP contribution >= 0.6 is 0 Å². The number of carbonyl (C=O) groups is 2. The van der Waals surface area contributed by atoms with Gasteiger partial charge in [0.15, 0.2) is 5.65 Å². The van der Waals surface area contributed by atoms with Gasteiger partial charge in [-0.25, -0.2) is 9.97 Å². The van der Waals surface area contributed by atoms with Gasteiger partial charge in [0, 0.05) is 31.2 Å². The van der Waals surface area contributed by atoms with Gasteiger partial charge in [-0.05, 0) is 31.5 Å². The number of hydrogen-bond donors (Lipinski definition) is 2. The molecule has 1 aliphatic rings. The first-order valence-corrected chi connectivity index (χ1v) is 7.51. The normalized spacial score (nSPS) is 20.7. The lowest BCUT2D eigenvalue weighted by Gasteiger charge is -2.23. The van der Waals surface area contributed by atoms with Gasteiger partial charge in [0.1, 0.15) is 6.04 Å². The molecule has 0 aliphatic carbocycles. The van der Waals surface area contributed by atoms with Crippen molar-refractivity contribution in [1.29, 1.82) is 0 Å². The Labute approximate surface area is 133 Å². The van der Waals surface area contributed by atoms with E-state index in [1.807, 2.05) is 6.07 Å². The van der Waals surface area contributed by atoms with Crippen molar-refractivity contribution in [2.75, 3.05) is 13.6 Å². The highest BCUT2D eigenvalue weighted by Gasteiger charge is 2.38. The highest BCUT2D eigenvalue weighted by atomic mass is 16.2. The van der Waals surface area contributed by atoms with E-state index in [4.69, 9.17) is 5.73 Å². The van der Waals surface area contributed by atoms with Crippen molar-refractivity contribution in [3.05, 3.63) is 35.7 Å². The number of aromatic nitrogens is 2. The predicted molar refractivity (Wildman–Crippen MR) is 85.8 cm³/mol. The lowest BCUT2D eigenvalue weighted by Crippen LogP contribution is -2.45. The van der Waals surface area contributed by atoms with Gasteiger partial charge < -0.3 is 16.0 Å². The predicted octanol–water partition coefficient (Wildman–Crippen LogP) is 0.226. The second-order valence-electron chi connectivity index (χ2n) is 5.75. The van der Waals surface area contributed by atoms with Crippen LogP contribution in [0.4, 0.5) is 0 Å². The van der Waals surface area contributed by atoms with Gasteiger partial charge in [-0.3, -0.25) is 9.59 Å². The summed E-state index contributed by atoms with van der Waals surface area (Å²) in [5, 5.41) is 3.39. The molecule has 0 unspecified atom stereocenters. The molecule has 2 atom stereocenters. The van der Waals surface area contributed by atoms with Crippen LogP contribution < -0.4 is 11.1 Å². The quantitative estimate of drug-likeness (QED) is 0.826. The molecule has 2 amide bonds. The van der Waals surface area contributed by atoms with Crippen molar-refractivity contribution in [2.24, 2.45) is 5.73 Å². The summed E-state index contributed by atoms with van der Waals surface area (Å²) in [7, 11) is 1.56. The molecule has 0 saturated carbocycles. The maximum absolute atomic E-state index is 12.9. The lowest BCUT2D eigenvalue weighted by molar-refractivity contribution is -0.124. The third-order valence-electron chi connectivity index (χ3n) is 4.15. The summed E-state index contributed by atoms with van der Waals surface area (Å²) in [6.07, 6.45) is 2.13. The van der Waals surface area contributed by atoms with Crippen LogP contribution in [0.15, 0.2) is 24.4 Å². The summed E-state index contributed by atoms with van der Waals surface area (Å²) in [5.74, 6) is -0.415. The highest BCUT2D eigenvalue weighted by Crippen LogP contribution is 2.22. The summed E-state index contributed by atoms with van der Waals surface area (Å²) in [4.78, 5) is 35.0. The van der Waals surface area contributed by atoms with Crippen LogP contribution in [0.1, 0.15) is 22.5 Å². The molecular weight excluding hydrogens is 294 g/mol. The van der Waals surface area contributed by atoms with Gasteiger partial charge in [-0.15, -0.1) is 0 Å². The average molecular weight is 313 g/mol. The van der Waals surface area contributed by atoms with Crippen LogP contribution in [0.5, 0.6) is 0 Å². The number of nitrogens with one attached hydrogen (secondary N) is 1. The molecule has 120 valence electrons. The van der Waals surface area contributed by atoms with Gasteiger partial charge in [0.2, 0.25) is 5.91 Å². The minimum atomic E-state index is -0.536. The van der Waals surface area contributed by atoms with Crippen molar-refractivity contribution in [2.45, 2.75) is 25.4 Å². The number of amides is 2. The number of fused-ring (bicyclic) bond motifs is 1. The van der Waals surface area contributed by atoms with Crippen molar-refractivity contribution >= 4 is 22.8 Å². The monoisotopic (exact) mass is 313 g/mol. The molecule has 0 radical (unpaired) electrons. The standard InChI is InChI=1S/C16H19N5O2/c1-9-12(6-10-4-3-5-19-14(10)20-9)16(23)21-8-11(17)7-13(21)15(22)18-2/h3-6,11,13H,7-8,17H2,1-2H3,(H,18,22)/t11-,13-/m0/s1. The number of likely N-dealkylation sites (tertiary alicyclic amines) is 1. The molecule has 23 heavy (non-hydrogen) atoms. The molecule has 3 rings (SSSR count). The number of nitrogens with zero attached hydrogens (tertiary/aromatic N) is 3. The van der Waals surface area contributed by atoms with E-state index in [1.54, 1.807) is 32.3 Å². The minimum absolute atomic E-state index is 0.195. The first kappa shape index (κ1) is 15.4. The maximum atomic E-state index is 12.9. The van der Waals surface area contributed by atoms with E-state index in [1.165, 1.54) is 4.90 Å². The first-order valence-electron chi connectivity index (χ1n) is 7.51. The van der Waals surface area contributed by atoms with Crippen LogP contribution in [-0.4, -0.2) is 52.4 Å². The summed E-state index contributed by atoms with van der Waals surface area (Å²) < 4.78 is 0. The van der Waals surface area contributed by atoms with Crippen LogP contribution in [0.2, 0.25) is 0 Å². The Hall–Kier alpha value is -2.54. The number of carbonyl (C=O) groups excluding carboxylic acids is 2. The molecule has 1 aliphatic heterocycles. The summed E-state index contributed by atoms with van der Waals surface area (Å²) in [5.41, 5.74) is 7.63. The van der Waals surface area contributed by atoms with Crippen molar-refractivity contribution in [3.8, 4) is 0 Å². The zero-order valence-electron chi connectivity index (χ0n) is 13.1.